The van der Waals surface area contributed by atoms with Crippen molar-refractivity contribution in [2.75, 3.05) is 5.32 Å². The zero-order chi connectivity index (χ0) is 18.8. The molecule has 4 rings (SSSR count). The van der Waals surface area contributed by atoms with E-state index < -0.39 is 0 Å². The third-order valence-electron chi connectivity index (χ3n) is 5.24. The van der Waals surface area contributed by atoms with E-state index in [0.717, 1.165) is 36.4 Å². The summed E-state index contributed by atoms with van der Waals surface area (Å²) in [7, 11) is 0. The Morgan fingerprint density at radius 3 is 2.63 bits per heavy atom. The highest BCUT2D eigenvalue weighted by atomic mass is 16.2. The molecule has 1 fully saturated rings. The molecule has 1 amide bonds. The van der Waals surface area contributed by atoms with Gasteiger partial charge in [-0.05, 0) is 56.5 Å². The van der Waals surface area contributed by atoms with Crippen LogP contribution in [0.2, 0.25) is 0 Å². The Bertz CT molecular complexity index is 941. The number of anilines is 1. The Kier molecular flexibility index (Phi) is 4.94. The van der Waals surface area contributed by atoms with E-state index in [1.807, 2.05) is 18.2 Å². The molecule has 0 saturated heterocycles. The monoisotopic (exact) mass is 362 g/mol. The van der Waals surface area contributed by atoms with E-state index in [9.17, 15) is 4.79 Å². The van der Waals surface area contributed by atoms with Crippen LogP contribution in [-0.2, 0) is 17.9 Å². The molecule has 1 aromatic heterocycles. The van der Waals surface area contributed by atoms with Crippen molar-refractivity contribution in [1.29, 1.82) is 0 Å². The van der Waals surface area contributed by atoms with Crippen LogP contribution in [-0.4, -0.2) is 15.5 Å². The number of nitrogens with one attached hydrogen (secondary N) is 2. The summed E-state index contributed by atoms with van der Waals surface area (Å²) in [5, 5.41) is 6.55. The SMILES string of the molecule is CCn1c(CN[C@H](C)c2ccc(NC(=O)C3CC3)cc2)nc2ccccc21. The van der Waals surface area contributed by atoms with Gasteiger partial charge in [0.25, 0.3) is 0 Å². The van der Waals surface area contributed by atoms with Gasteiger partial charge in [0, 0.05) is 24.2 Å². The van der Waals surface area contributed by atoms with Gasteiger partial charge in [-0.1, -0.05) is 24.3 Å². The molecule has 27 heavy (non-hydrogen) atoms. The maximum Gasteiger partial charge on any atom is 0.227 e. The first kappa shape index (κ1) is 17.7. The van der Waals surface area contributed by atoms with E-state index in [2.05, 4.69) is 59.4 Å². The fourth-order valence-electron chi connectivity index (χ4n) is 3.42. The minimum absolute atomic E-state index is 0.146. The van der Waals surface area contributed by atoms with Gasteiger partial charge >= 0.3 is 0 Å². The van der Waals surface area contributed by atoms with Crippen LogP contribution in [0.15, 0.2) is 48.5 Å². The van der Waals surface area contributed by atoms with Crippen molar-refractivity contribution in [2.45, 2.75) is 45.8 Å². The molecule has 3 aromatic rings. The Morgan fingerprint density at radius 2 is 1.93 bits per heavy atom. The molecular formula is C22H26N4O. The molecule has 0 aliphatic heterocycles. The van der Waals surface area contributed by atoms with Crippen LogP contribution in [0.25, 0.3) is 11.0 Å². The smallest absolute Gasteiger partial charge is 0.227 e. The molecule has 0 bridgehead atoms. The van der Waals surface area contributed by atoms with Crippen molar-refractivity contribution in [1.82, 2.24) is 14.9 Å². The normalized spacial score (nSPS) is 15.0. The van der Waals surface area contributed by atoms with E-state index in [-0.39, 0.29) is 17.9 Å². The lowest BCUT2D eigenvalue weighted by Gasteiger charge is -2.15. The van der Waals surface area contributed by atoms with Crippen molar-refractivity contribution in [2.24, 2.45) is 5.92 Å². The number of hydrogen-bond acceptors (Lipinski definition) is 3. The van der Waals surface area contributed by atoms with Gasteiger partial charge in [-0.15, -0.1) is 0 Å². The second-order valence-electron chi connectivity index (χ2n) is 7.25. The Hall–Kier alpha value is -2.66. The molecule has 0 unspecified atom stereocenters. The highest BCUT2D eigenvalue weighted by Crippen LogP contribution is 2.30. The molecule has 140 valence electrons. The number of amides is 1. The molecule has 5 nitrogen and oxygen atoms in total. The minimum atomic E-state index is 0.146. The van der Waals surface area contributed by atoms with E-state index in [1.54, 1.807) is 0 Å². The standard InChI is InChI=1S/C22H26N4O/c1-3-26-20-7-5-4-6-19(20)25-21(26)14-23-15(2)16-10-12-18(13-11-16)24-22(27)17-8-9-17/h4-7,10-13,15,17,23H,3,8-9,14H2,1-2H3,(H,24,27)/t15-/m1/s1. The summed E-state index contributed by atoms with van der Waals surface area (Å²) in [6, 6.07) is 16.6. The van der Waals surface area contributed by atoms with Crippen LogP contribution in [0.3, 0.4) is 0 Å². The first-order valence-corrected chi connectivity index (χ1v) is 9.74. The zero-order valence-electron chi connectivity index (χ0n) is 15.9. The van der Waals surface area contributed by atoms with Crippen molar-refractivity contribution >= 4 is 22.6 Å². The number of rotatable bonds is 7. The Labute approximate surface area is 159 Å². The van der Waals surface area contributed by atoms with Crippen molar-refractivity contribution in [3.63, 3.8) is 0 Å². The average Bonchev–Trinajstić information content (AvgIpc) is 3.48. The molecule has 2 aromatic carbocycles. The van der Waals surface area contributed by atoms with Gasteiger partial charge in [-0.3, -0.25) is 4.79 Å². The summed E-state index contributed by atoms with van der Waals surface area (Å²) in [6.45, 7) is 5.91. The maximum atomic E-state index is 11.9. The number of hydrogen-bond donors (Lipinski definition) is 2. The average molecular weight is 362 g/mol. The number of carbonyl (C=O) groups is 1. The van der Waals surface area contributed by atoms with Crippen LogP contribution < -0.4 is 10.6 Å². The molecule has 1 aliphatic rings. The number of carbonyl (C=O) groups excluding carboxylic acids is 1. The Morgan fingerprint density at radius 1 is 1.19 bits per heavy atom. The number of aryl methyl sites for hydroxylation is 1. The molecule has 1 atom stereocenters. The van der Waals surface area contributed by atoms with Gasteiger partial charge in [0.1, 0.15) is 5.82 Å². The molecule has 0 spiro atoms. The van der Waals surface area contributed by atoms with E-state index in [0.29, 0.717) is 6.54 Å². The number of imidazole rings is 1. The molecule has 1 saturated carbocycles. The number of aromatic nitrogens is 2. The van der Waals surface area contributed by atoms with E-state index >= 15 is 0 Å². The highest BCUT2D eigenvalue weighted by molar-refractivity contribution is 5.94. The molecule has 1 aliphatic carbocycles. The first-order chi connectivity index (χ1) is 13.2. The summed E-state index contributed by atoms with van der Waals surface area (Å²) in [4.78, 5) is 16.6. The quantitative estimate of drug-likeness (QED) is 0.660. The third kappa shape index (κ3) is 3.88. The van der Waals surface area contributed by atoms with Crippen molar-refractivity contribution in [3.05, 3.63) is 59.9 Å². The van der Waals surface area contributed by atoms with Crippen molar-refractivity contribution < 1.29 is 4.79 Å². The van der Waals surface area contributed by atoms with Gasteiger partial charge < -0.3 is 15.2 Å². The Balaban J connectivity index is 1.40. The second-order valence-corrected chi connectivity index (χ2v) is 7.25. The first-order valence-electron chi connectivity index (χ1n) is 9.74. The lowest BCUT2D eigenvalue weighted by atomic mass is 10.1. The number of fused-ring (bicyclic) bond motifs is 1. The van der Waals surface area contributed by atoms with Crippen LogP contribution in [0, 0.1) is 5.92 Å². The summed E-state index contributed by atoms with van der Waals surface area (Å²) in [5.74, 6) is 1.43. The van der Waals surface area contributed by atoms with Gasteiger partial charge in [-0.25, -0.2) is 4.98 Å². The molecule has 0 radical (unpaired) electrons. The van der Waals surface area contributed by atoms with Crippen molar-refractivity contribution in [3.8, 4) is 0 Å². The largest absolute Gasteiger partial charge is 0.327 e. The molecule has 5 heteroatoms. The summed E-state index contributed by atoms with van der Waals surface area (Å²) >= 11 is 0. The minimum Gasteiger partial charge on any atom is -0.327 e. The van der Waals surface area contributed by atoms with E-state index in [4.69, 9.17) is 4.98 Å². The maximum absolute atomic E-state index is 11.9. The zero-order valence-corrected chi connectivity index (χ0v) is 15.9. The van der Waals surface area contributed by atoms with Gasteiger partial charge in [-0.2, -0.15) is 0 Å². The second kappa shape index (κ2) is 7.53. The lowest BCUT2D eigenvalue weighted by Crippen LogP contribution is -2.20. The number of benzene rings is 2. The highest BCUT2D eigenvalue weighted by Gasteiger charge is 2.29. The fourth-order valence-corrected chi connectivity index (χ4v) is 3.42. The van der Waals surface area contributed by atoms with Crippen LogP contribution >= 0.6 is 0 Å². The van der Waals surface area contributed by atoms with Gasteiger partial charge in [0.05, 0.1) is 17.6 Å². The molecule has 1 heterocycles. The lowest BCUT2D eigenvalue weighted by molar-refractivity contribution is -0.117. The topological polar surface area (TPSA) is 59.0 Å². The predicted molar refractivity (Wildman–Crippen MR) is 108 cm³/mol. The summed E-state index contributed by atoms with van der Waals surface area (Å²) in [6.07, 6.45) is 2.04. The van der Waals surface area contributed by atoms with Crippen LogP contribution in [0.1, 0.15) is 44.1 Å². The fraction of sp³-hybridized carbons (Fsp3) is 0.364. The summed E-state index contributed by atoms with van der Waals surface area (Å²) in [5.41, 5.74) is 4.29. The predicted octanol–water partition coefficient (Wildman–Crippen LogP) is 4.26. The van der Waals surface area contributed by atoms with Crippen LogP contribution in [0.4, 0.5) is 5.69 Å². The van der Waals surface area contributed by atoms with Crippen LogP contribution in [0.5, 0.6) is 0 Å². The van der Waals surface area contributed by atoms with Gasteiger partial charge in [0.2, 0.25) is 5.91 Å². The third-order valence-corrected chi connectivity index (χ3v) is 5.24. The molecule has 2 N–H and O–H groups in total. The number of nitrogens with zero attached hydrogens (tertiary/aromatic N) is 2. The number of para-hydroxylation sites is 2. The summed E-state index contributed by atoms with van der Waals surface area (Å²) < 4.78 is 2.26. The van der Waals surface area contributed by atoms with E-state index in [1.165, 1.54) is 11.1 Å². The molecular weight excluding hydrogens is 336 g/mol. The van der Waals surface area contributed by atoms with Gasteiger partial charge in [0.15, 0.2) is 0 Å².